The van der Waals surface area contributed by atoms with Crippen molar-refractivity contribution in [1.82, 2.24) is 0 Å². The van der Waals surface area contributed by atoms with Crippen molar-refractivity contribution >= 4 is 20.8 Å². The fourth-order valence-electron chi connectivity index (χ4n) is 2.82. The van der Waals surface area contributed by atoms with Gasteiger partial charge >= 0.3 is 40.0 Å². The van der Waals surface area contributed by atoms with Crippen molar-refractivity contribution in [3.8, 4) is 5.75 Å². The van der Waals surface area contributed by atoms with E-state index >= 15 is 0 Å². The number of benzene rings is 1. The number of hydrogen-bond donors (Lipinski definition) is 0. The average molecular weight is 445 g/mol. The van der Waals surface area contributed by atoms with Gasteiger partial charge in [-0.2, -0.15) is 8.42 Å². The first-order chi connectivity index (χ1) is 12.7. The molecule has 1 rings (SSSR count). The Morgan fingerprint density at radius 2 is 1.32 bits per heavy atom. The Morgan fingerprint density at radius 3 is 1.86 bits per heavy atom. The number of hydrogen-bond acceptors (Lipinski definition) is 7. The summed E-state index contributed by atoms with van der Waals surface area (Å²) in [6, 6.07) is 6.38. The zero-order chi connectivity index (χ0) is 20.2. The van der Waals surface area contributed by atoms with E-state index in [2.05, 4.69) is 14.7 Å². The molecule has 28 heavy (non-hydrogen) atoms. The Balaban J connectivity index is 0.00000729. The van der Waals surface area contributed by atoms with Crippen LogP contribution in [0.3, 0.4) is 0 Å². The van der Waals surface area contributed by atoms with E-state index in [1.165, 1.54) is 51.0 Å². The van der Waals surface area contributed by atoms with Gasteiger partial charge in [0, 0.05) is 0 Å². The molecule has 0 spiro atoms. The minimum Gasteiger partial charge on any atom is -0.725 e. The molecule has 0 bridgehead atoms. The van der Waals surface area contributed by atoms with Gasteiger partial charge in [-0.05, 0) is 24.5 Å². The van der Waals surface area contributed by atoms with Crippen molar-refractivity contribution in [2.75, 3.05) is 0 Å². The quantitative estimate of drug-likeness (QED) is 0.173. The first-order valence-corrected chi connectivity index (χ1v) is 12.1. The van der Waals surface area contributed by atoms with Gasteiger partial charge in [-0.3, -0.25) is 0 Å². The smallest absolute Gasteiger partial charge is 0.725 e. The molecule has 0 unspecified atom stereocenters. The summed E-state index contributed by atoms with van der Waals surface area (Å²) in [4.78, 5) is 0. The zero-order valence-electron chi connectivity index (χ0n) is 16.8. The molecular weight excluding hydrogens is 415 g/mol. The minimum absolute atomic E-state index is 0. The molecule has 0 fully saturated rings. The number of aryl methyl sites for hydroxylation is 1. The maximum atomic E-state index is 11.5. The second-order valence-corrected chi connectivity index (χ2v) is 8.85. The van der Waals surface area contributed by atoms with E-state index in [1.54, 1.807) is 18.2 Å². The summed E-state index contributed by atoms with van der Waals surface area (Å²) in [5, 5.41) is 0. The van der Waals surface area contributed by atoms with Gasteiger partial charge in [0.15, 0.2) is 0 Å². The number of para-hydroxylation sites is 1. The van der Waals surface area contributed by atoms with Gasteiger partial charge in [0.05, 0.1) is 0 Å². The fourth-order valence-corrected chi connectivity index (χ4v) is 4.13. The van der Waals surface area contributed by atoms with Gasteiger partial charge in [-0.15, -0.1) is 3.63 Å². The van der Waals surface area contributed by atoms with Crippen molar-refractivity contribution in [3.63, 3.8) is 0 Å². The van der Waals surface area contributed by atoms with Crippen LogP contribution in [0.4, 0.5) is 0 Å². The van der Waals surface area contributed by atoms with Crippen molar-refractivity contribution < 1.29 is 58.8 Å². The van der Waals surface area contributed by atoms with E-state index in [-0.39, 0.29) is 35.3 Å². The Morgan fingerprint density at radius 1 is 0.821 bits per heavy atom. The van der Waals surface area contributed by atoms with Crippen molar-refractivity contribution in [2.45, 2.75) is 77.6 Å². The third-order valence-electron chi connectivity index (χ3n) is 4.13. The fraction of sp³-hybridized carbons (Fsp3) is 0.667. The molecule has 0 aliphatic carbocycles. The SMILES string of the molecule is CCCCCCCCCCCCc1ccccc1OS(=O)(=O)OS(=O)(=O)[O-].[Na+]. The molecule has 156 valence electrons. The largest absolute Gasteiger partial charge is 1.00 e. The van der Waals surface area contributed by atoms with Gasteiger partial charge in [0.2, 0.25) is 10.4 Å². The summed E-state index contributed by atoms with van der Waals surface area (Å²) < 4.78 is 62.4. The van der Waals surface area contributed by atoms with Crippen LogP contribution in [0.1, 0.15) is 76.7 Å². The number of unbranched alkanes of at least 4 members (excludes halogenated alkanes) is 9. The van der Waals surface area contributed by atoms with E-state index in [9.17, 15) is 21.4 Å². The van der Waals surface area contributed by atoms with Gasteiger partial charge in [-0.25, -0.2) is 8.42 Å². The molecular formula is C18H29NaO7S2. The Hall–Kier alpha value is -0.160. The molecule has 0 saturated heterocycles. The maximum absolute atomic E-state index is 11.5. The topological polar surface area (TPSA) is 110 Å². The van der Waals surface area contributed by atoms with Crippen LogP contribution < -0.4 is 33.7 Å². The van der Waals surface area contributed by atoms with E-state index in [0.717, 1.165) is 19.3 Å². The van der Waals surface area contributed by atoms with Crippen molar-refractivity contribution in [3.05, 3.63) is 29.8 Å². The molecule has 0 aliphatic rings. The molecule has 0 amide bonds. The predicted octanol–water partition coefficient (Wildman–Crippen LogP) is 1.25. The molecule has 7 nitrogen and oxygen atoms in total. The standard InChI is InChI=1S/C18H30O7S2.Na/c1-2-3-4-5-6-7-8-9-10-11-14-17-15-12-13-16-18(17)24-27(22,23)25-26(19,20)21;/h12-13,15-16H,2-11,14H2,1H3,(H,19,20,21);/q;+1/p-1. The molecule has 0 atom stereocenters. The average Bonchev–Trinajstić information content (AvgIpc) is 2.55. The van der Waals surface area contributed by atoms with Crippen LogP contribution in [0.15, 0.2) is 24.3 Å². The van der Waals surface area contributed by atoms with Gasteiger partial charge in [-0.1, -0.05) is 82.9 Å². The minimum atomic E-state index is -5.42. The molecule has 1 aromatic carbocycles. The molecule has 10 heteroatoms. The summed E-state index contributed by atoms with van der Waals surface area (Å²) in [6.07, 6.45) is 12.5. The van der Waals surface area contributed by atoms with Crippen molar-refractivity contribution in [2.24, 2.45) is 0 Å². The van der Waals surface area contributed by atoms with Crippen LogP contribution in [-0.4, -0.2) is 21.4 Å². The van der Waals surface area contributed by atoms with E-state index in [4.69, 9.17) is 0 Å². The van der Waals surface area contributed by atoms with E-state index in [1.807, 2.05) is 0 Å². The third-order valence-corrected chi connectivity index (χ3v) is 5.85. The van der Waals surface area contributed by atoms with Crippen LogP contribution in [0.2, 0.25) is 0 Å². The second-order valence-electron chi connectivity index (χ2n) is 6.51. The van der Waals surface area contributed by atoms with Crippen molar-refractivity contribution in [1.29, 1.82) is 0 Å². The molecule has 0 aromatic heterocycles. The monoisotopic (exact) mass is 444 g/mol. The first kappa shape index (κ1) is 27.8. The van der Waals surface area contributed by atoms with E-state index < -0.39 is 20.8 Å². The maximum Gasteiger partial charge on any atom is 1.00 e. The zero-order valence-corrected chi connectivity index (χ0v) is 20.4. The van der Waals surface area contributed by atoms with Crippen LogP contribution in [0.5, 0.6) is 5.75 Å². The normalized spacial score (nSPS) is 11.8. The van der Waals surface area contributed by atoms with E-state index in [0.29, 0.717) is 12.0 Å². The van der Waals surface area contributed by atoms with Crippen LogP contribution in [0, 0.1) is 0 Å². The molecule has 1 aromatic rings. The molecule has 0 radical (unpaired) electrons. The number of rotatable bonds is 15. The van der Waals surface area contributed by atoms with Gasteiger partial charge in [0.25, 0.3) is 0 Å². The van der Waals surface area contributed by atoms with Crippen LogP contribution in [-0.2, 0) is 30.8 Å². The predicted molar refractivity (Wildman–Crippen MR) is 102 cm³/mol. The second kappa shape index (κ2) is 14.8. The summed E-state index contributed by atoms with van der Waals surface area (Å²) in [7, 11) is -10.4. The third kappa shape index (κ3) is 13.9. The summed E-state index contributed by atoms with van der Waals surface area (Å²) in [5.41, 5.74) is 0.618. The van der Waals surface area contributed by atoms with Crippen LogP contribution >= 0.6 is 0 Å². The molecule has 0 saturated carbocycles. The first-order valence-electron chi connectivity index (χ1n) is 9.43. The Kier molecular flexibility index (Phi) is 14.7. The van der Waals surface area contributed by atoms with Crippen LogP contribution in [0.25, 0.3) is 0 Å². The summed E-state index contributed by atoms with van der Waals surface area (Å²) in [6.45, 7) is 2.21. The molecule has 0 N–H and O–H groups in total. The van der Waals surface area contributed by atoms with Gasteiger partial charge < -0.3 is 8.74 Å². The Labute approximate surface area is 191 Å². The molecule has 0 heterocycles. The summed E-state index contributed by atoms with van der Waals surface area (Å²) >= 11 is 0. The summed E-state index contributed by atoms with van der Waals surface area (Å²) in [5.74, 6) is -0.0305. The Bertz CT molecular complexity index is 749. The molecule has 0 aliphatic heterocycles. The van der Waals surface area contributed by atoms with Gasteiger partial charge in [0.1, 0.15) is 5.75 Å².